The van der Waals surface area contributed by atoms with E-state index in [0.717, 1.165) is 5.56 Å². The van der Waals surface area contributed by atoms with E-state index >= 15 is 0 Å². The van der Waals surface area contributed by atoms with Crippen molar-refractivity contribution in [2.75, 3.05) is 25.1 Å². The van der Waals surface area contributed by atoms with Crippen molar-refractivity contribution in [3.63, 3.8) is 0 Å². The van der Waals surface area contributed by atoms with Crippen LogP contribution in [0.1, 0.15) is 18.1 Å². The Labute approximate surface area is 203 Å². The number of carboxylic acid groups (broad SMARTS) is 1. The van der Waals surface area contributed by atoms with Crippen molar-refractivity contribution in [3.8, 4) is 11.5 Å². The van der Waals surface area contributed by atoms with Crippen LogP contribution in [0.25, 0.3) is 6.08 Å². The summed E-state index contributed by atoms with van der Waals surface area (Å²) < 4.78 is 11.8. The molecular weight excluding hydrogens is 510 g/mol. The molecule has 0 radical (unpaired) electrons. The third-order valence-corrected chi connectivity index (χ3v) is 5.17. The number of imide groups is 1. The van der Waals surface area contributed by atoms with Gasteiger partial charge in [-0.2, -0.15) is 0 Å². The summed E-state index contributed by atoms with van der Waals surface area (Å²) in [6, 6.07) is 9.71. The van der Waals surface area contributed by atoms with Crippen molar-refractivity contribution < 1.29 is 33.8 Å². The van der Waals surface area contributed by atoms with Gasteiger partial charge in [-0.3, -0.25) is 14.4 Å². The third-order valence-electron chi connectivity index (χ3n) is 4.58. The molecule has 1 aliphatic rings. The molecule has 2 aromatic carbocycles. The molecular formula is C23H22BrN3O7. The lowest BCUT2D eigenvalue weighted by Crippen LogP contribution is -2.35. The Morgan fingerprint density at radius 2 is 1.88 bits per heavy atom. The van der Waals surface area contributed by atoms with Crippen LogP contribution in [-0.4, -0.2) is 53.6 Å². The predicted molar refractivity (Wildman–Crippen MR) is 126 cm³/mol. The molecule has 2 aromatic rings. The molecule has 0 unspecified atom stereocenters. The Morgan fingerprint density at radius 3 is 2.53 bits per heavy atom. The van der Waals surface area contributed by atoms with E-state index in [2.05, 4.69) is 26.6 Å². The predicted octanol–water partition coefficient (Wildman–Crippen LogP) is 3.15. The summed E-state index contributed by atoms with van der Waals surface area (Å²) in [6.45, 7) is 3.01. The fraction of sp³-hybridized carbons (Fsp3) is 0.217. The number of hydrogen-bond donors (Lipinski definition) is 3. The lowest BCUT2D eigenvalue weighted by Gasteiger charge is -2.15. The molecule has 1 saturated heterocycles. The maximum Gasteiger partial charge on any atom is 0.329 e. The lowest BCUT2D eigenvalue weighted by molar-refractivity contribution is -0.140. The topological polar surface area (TPSA) is 134 Å². The van der Waals surface area contributed by atoms with E-state index in [1.165, 1.54) is 6.08 Å². The first-order valence-electron chi connectivity index (χ1n) is 10.2. The minimum absolute atomic E-state index is 0.0771. The van der Waals surface area contributed by atoms with Gasteiger partial charge in [0, 0.05) is 5.69 Å². The summed E-state index contributed by atoms with van der Waals surface area (Å²) in [5.41, 5.74) is 2.12. The van der Waals surface area contributed by atoms with Crippen molar-refractivity contribution in [1.29, 1.82) is 0 Å². The Kier molecular flexibility index (Phi) is 7.90. The highest BCUT2D eigenvalue weighted by atomic mass is 79.9. The second-order valence-corrected chi connectivity index (χ2v) is 8.09. The first kappa shape index (κ1) is 24.8. The molecule has 3 rings (SSSR count). The number of amides is 4. The number of nitrogens with one attached hydrogen (secondary N) is 2. The van der Waals surface area contributed by atoms with Crippen LogP contribution in [-0.2, 0) is 14.4 Å². The molecule has 0 spiro atoms. The number of hydrogen-bond acceptors (Lipinski definition) is 6. The largest absolute Gasteiger partial charge is 0.490 e. The first-order chi connectivity index (χ1) is 16.2. The van der Waals surface area contributed by atoms with E-state index < -0.39 is 24.5 Å². The lowest BCUT2D eigenvalue weighted by atomic mass is 10.1. The van der Waals surface area contributed by atoms with E-state index in [1.807, 2.05) is 19.1 Å². The summed E-state index contributed by atoms with van der Waals surface area (Å²) in [4.78, 5) is 48.0. The summed E-state index contributed by atoms with van der Waals surface area (Å²) in [7, 11) is 0. The number of benzene rings is 2. The van der Waals surface area contributed by atoms with Crippen LogP contribution >= 0.6 is 15.9 Å². The van der Waals surface area contributed by atoms with E-state index in [-0.39, 0.29) is 24.0 Å². The minimum atomic E-state index is -1.31. The molecule has 0 atom stereocenters. The average molecular weight is 532 g/mol. The monoisotopic (exact) mass is 531 g/mol. The number of carboxylic acids is 1. The van der Waals surface area contributed by atoms with E-state index in [4.69, 9.17) is 14.6 Å². The molecule has 11 heteroatoms. The van der Waals surface area contributed by atoms with Crippen LogP contribution in [0.5, 0.6) is 11.5 Å². The van der Waals surface area contributed by atoms with E-state index in [9.17, 15) is 19.2 Å². The number of rotatable bonds is 9. The molecule has 1 aliphatic heterocycles. The van der Waals surface area contributed by atoms with Crippen LogP contribution in [0.2, 0.25) is 0 Å². The third kappa shape index (κ3) is 6.13. The molecule has 178 valence electrons. The van der Waals surface area contributed by atoms with Crippen molar-refractivity contribution in [2.24, 2.45) is 0 Å². The molecule has 1 fully saturated rings. The van der Waals surface area contributed by atoms with Gasteiger partial charge in [0.1, 0.15) is 12.2 Å². The molecule has 0 saturated carbocycles. The number of aryl methyl sites for hydroxylation is 1. The number of urea groups is 1. The zero-order valence-corrected chi connectivity index (χ0v) is 20.0. The highest BCUT2D eigenvalue weighted by Crippen LogP contribution is 2.37. The molecule has 3 N–H and O–H groups in total. The maximum atomic E-state index is 12.4. The Bertz CT molecular complexity index is 1160. The van der Waals surface area contributed by atoms with Gasteiger partial charge in [0.25, 0.3) is 11.8 Å². The number of aliphatic carboxylic acids is 1. The number of ether oxygens (including phenoxy) is 2. The fourth-order valence-corrected chi connectivity index (χ4v) is 3.64. The van der Waals surface area contributed by atoms with Gasteiger partial charge in [0.2, 0.25) is 0 Å². The normalized spacial score (nSPS) is 14.2. The number of carbonyl (C=O) groups excluding carboxylic acids is 3. The van der Waals surface area contributed by atoms with Gasteiger partial charge in [-0.1, -0.05) is 17.7 Å². The molecule has 0 aromatic heterocycles. The van der Waals surface area contributed by atoms with Crippen LogP contribution in [0.15, 0.2) is 46.6 Å². The van der Waals surface area contributed by atoms with Crippen LogP contribution in [0, 0.1) is 6.92 Å². The molecule has 4 amide bonds. The molecule has 10 nitrogen and oxygen atoms in total. The quantitative estimate of drug-likeness (QED) is 0.334. The zero-order valence-electron chi connectivity index (χ0n) is 18.4. The van der Waals surface area contributed by atoms with Gasteiger partial charge >= 0.3 is 12.0 Å². The fourth-order valence-electron chi connectivity index (χ4n) is 3.06. The van der Waals surface area contributed by atoms with Crippen molar-refractivity contribution >= 4 is 51.5 Å². The van der Waals surface area contributed by atoms with Gasteiger partial charge < -0.3 is 25.2 Å². The van der Waals surface area contributed by atoms with Crippen LogP contribution < -0.4 is 20.1 Å². The molecule has 1 heterocycles. The highest BCUT2D eigenvalue weighted by Gasteiger charge is 2.35. The highest BCUT2D eigenvalue weighted by molar-refractivity contribution is 9.10. The van der Waals surface area contributed by atoms with Gasteiger partial charge in [0.05, 0.1) is 11.1 Å². The minimum Gasteiger partial charge on any atom is -0.490 e. The number of nitrogens with zero attached hydrogens (tertiary/aromatic N) is 1. The number of carbonyl (C=O) groups is 4. The molecule has 34 heavy (non-hydrogen) atoms. The standard InChI is InChI=1S/C23H22BrN3O7/c1-3-33-18-10-14(9-17-22(31)27(11-20(29)30)23(32)26-17)8-16(24)21(18)34-12-19(28)25-15-6-4-13(2)5-7-15/h4-10H,3,11-12H2,1-2H3,(H,25,28)(H,26,32)(H,29,30)/b17-9+. The Morgan fingerprint density at radius 1 is 1.18 bits per heavy atom. The molecule has 0 aliphatic carbocycles. The zero-order chi connectivity index (χ0) is 24.8. The summed E-state index contributed by atoms with van der Waals surface area (Å²) in [5.74, 6) is -1.82. The Balaban J connectivity index is 1.76. The SMILES string of the molecule is CCOc1cc(/C=C2/NC(=O)N(CC(=O)O)C2=O)cc(Br)c1OCC(=O)Nc1ccc(C)cc1. The van der Waals surface area contributed by atoms with Crippen LogP contribution in [0.3, 0.4) is 0 Å². The number of halogens is 1. The summed E-state index contributed by atoms with van der Waals surface area (Å²) in [5, 5.41) is 14.0. The Hall–Kier alpha value is -3.86. The van der Waals surface area contributed by atoms with Gasteiger partial charge in [-0.15, -0.1) is 0 Å². The van der Waals surface area contributed by atoms with Crippen molar-refractivity contribution in [2.45, 2.75) is 13.8 Å². The van der Waals surface area contributed by atoms with Gasteiger partial charge in [0.15, 0.2) is 18.1 Å². The van der Waals surface area contributed by atoms with Gasteiger partial charge in [-0.25, -0.2) is 9.69 Å². The van der Waals surface area contributed by atoms with Crippen molar-refractivity contribution in [3.05, 3.63) is 57.7 Å². The van der Waals surface area contributed by atoms with E-state index in [0.29, 0.717) is 33.0 Å². The number of anilines is 1. The van der Waals surface area contributed by atoms with Gasteiger partial charge in [-0.05, 0) is 65.7 Å². The second-order valence-electron chi connectivity index (χ2n) is 7.24. The second kappa shape index (κ2) is 10.8. The summed E-state index contributed by atoms with van der Waals surface area (Å²) in [6.07, 6.45) is 1.39. The molecule has 0 bridgehead atoms. The van der Waals surface area contributed by atoms with Crippen molar-refractivity contribution in [1.82, 2.24) is 10.2 Å². The average Bonchev–Trinajstić information content (AvgIpc) is 3.02. The maximum absolute atomic E-state index is 12.4. The first-order valence-corrected chi connectivity index (χ1v) is 11.0. The van der Waals surface area contributed by atoms with E-state index in [1.54, 1.807) is 31.2 Å². The van der Waals surface area contributed by atoms with Crippen LogP contribution in [0.4, 0.5) is 10.5 Å². The smallest absolute Gasteiger partial charge is 0.329 e. The summed E-state index contributed by atoms with van der Waals surface area (Å²) >= 11 is 3.39.